The van der Waals surface area contributed by atoms with Crippen LogP contribution in [0.2, 0.25) is 0 Å². The fourth-order valence-corrected chi connectivity index (χ4v) is 3.89. The van der Waals surface area contributed by atoms with E-state index in [1.54, 1.807) is 32.9 Å². The smallest absolute Gasteiger partial charge is 0.407 e. The maximum absolute atomic E-state index is 12.6. The van der Waals surface area contributed by atoms with Crippen molar-refractivity contribution in [2.24, 2.45) is 5.73 Å². The van der Waals surface area contributed by atoms with E-state index in [0.29, 0.717) is 18.0 Å². The third-order valence-corrected chi connectivity index (χ3v) is 5.69. The molecule has 190 valence electrons. The zero-order valence-electron chi connectivity index (χ0n) is 20.7. The van der Waals surface area contributed by atoms with Gasteiger partial charge in [0.1, 0.15) is 18.0 Å². The summed E-state index contributed by atoms with van der Waals surface area (Å²) in [5.41, 5.74) is 9.10. The summed E-state index contributed by atoms with van der Waals surface area (Å²) in [4.78, 5) is 24.5. The van der Waals surface area contributed by atoms with Crippen molar-refractivity contribution < 1.29 is 19.1 Å². The Morgan fingerprint density at radius 3 is 2.39 bits per heavy atom. The Morgan fingerprint density at radius 2 is 1.69 bits per heavy atom. The number of hydrogen-bond acceptors (Lipinski definition) is 5. The van der Waals surface area contributed by atoms with Crippen LogP contribution in [0.3, 0.4) is 0 Å². The van der Waals surface area contributed by atoms with Gasteiger partial charge in [0.05, 0.1) is 4.47 Å². The highest BCUT2D eigenvalue weighted by Gasteiger charge is 2.16. The Morgan fingerprint density at radius 1 is 0.972 bits per heavy atom. The quantitative estimate of drug-likeness (QED) is 0.298. The van der Waals surface area contributed by atoms with Gasteiger partial charge in [-0.25, -0.2) is 4.79 Å². The normalized spacial score (nSPS) is 11.9. The summed E-state index contributed by atoms with van der Waals surface area (Å²) < 4.78 is 11.9. The summed E-state index contributed by atoms with van der Waals surface area (Å²) in [5.74, 6) is 0.497. The highest BCUT2D eigenvalue weighted by Crippen LogP contribution is 2.29. The predicted octanol–water partition coefficient (Wildman–Crippen LogP) is 6.08. The van der Waals surface area contributed by atoms with Gasteiger partial charge >= 0.3 is 6.09 Å². The van der Waals surface area contributed by atoms with E-state index < -0.39 is 17.7 Å². The molecule has 7 nitrogen and oxygen atoms in total. The van der Waals surface area contributed by atoms with E-state index in [2.05, 4.69) is 26.6 Å². The van der Waals surface area contributed by atoms with Crippen LogP contribution in [0.5, 0.6) is 5.75 Å². The van der Waals surface area contributed by atoms with Crippen LogP contribution in [0.4, 0.5) is 10.5 Å². The average molecular weight is 554 g/mol. The Hall–Kier alpha value is -3.36. The molecule has 36 heavy (non-hydrogen) atoms. The molecule has 2 amide bonds. The number of nitrogens with two attached hydrogens (primary N) is 1. The number of hydrogen-bond donors (Lipinski definition) is 3. The van der Waals surface area contributed by atoms with Gasteiger partial charge in [0.25, 0.3) is 0 Å². The van der Waals surface area contributed by atoms with E-state index in [-0.39, 0.29) is 18.9 Å². The number of carbonyl (C=O) groups is 2. The van der Waals surface area contributed by atoms with Crippen LogP contribution in [0, 0.1) is 0 Å². The maximum atomic E-state index is 12.6. The van der Waals surface area contributed by atoms with Gasteiger partial charge in [-0.2, -0.15) is 0 Å². The van der Waals surface area contributed by atoms with Gasteiger partial charge in [-0.05, 0) is 77.7 Å². The summed E-state index contributed by atoms with van der Waals surface area (Å²) in [7, 11) is 0. The number of ether oxygens (including phenoxy) is 2. The van der Waals surface area contributed by atoms with Gasteiger partial charge in [0, 0.05) is 24.7 Å². The summed E-state index contributed by atoms with van der Waals surface area (Å²) >= 11 is 3.54. The average Bonchev–Trinajstić information content (AvgIpc) is 2.81. The van der Waals surface area contributed by atoms with Crippen LogP contribution in [0.1, 0.15) is 49.9 Å². The highest BCUT2D eigenvalue weighted by atomic mass is 79.9. The molecule has 3 aromatic rings. The van der Waals surface area contributed by atoms with Crippen molar-refractivity contribution in [3.8, 4) is 5.75 Å². The molecule has 4 N–H and O–H groups in total. The lowest BCUT2D eigenvalue weighted by Crippen LogP contribution is -2.32. The van der Waals surface area contributed by atoms with Crippen molar-refractivity contribution in [3.63, 3.8) is 0 Å². The molecule has 0 aliphatic rings. The van der Waals surface area contributed by atoms with Gasteiger partial charge in [-0.3, -0.25) is 4.79 Å². The van der Waals surface area contributed by atoms with Crippen molar-refractivity contribution in [1.29, 1.82) is 0 Å². The molecule has 3 rings (SSSR count). The molecule has 0 heterocycles. The molecule has 0 saturated carbocycles. The molecule has 0 aliphatic heterocycles. The maximum Gasteiger partial charge on any atom is 0.407 e. The van der Waals surface area contributed by atoms with Crippen LogP contribution >= 0.6 is 15.9 Å². The van der Waals surface area contributed by atoms with E-state index in [9.17, 15) is 9.59 Å². The molecule has 1 atom stereocenters. The molecule has 0 unspecified atom stereocenters. The summed E-state index contributed by atoms with van der Waals surface area (Å²) in [6.07, 6.45) is -0.387. The molecule has 0 aliphatic carbocycles. The third kappa shape index (κ3) is 9.02. The second kappa shape index (κ2) is 12.6. The monoisotopic (exact) mass is 553 g/mol. The van der Waals surface area contributed by atoms with Gasteiger partial charge in [0.15, 0.2) is 0 Å². The Kier molecular flexibility index (Phi) is 9.50. The number of alkyl carbamates (subject to hydrolysis) is 1. The molecule has 0 saturated heterocycles. The number of amides is 2. The lowest BCUT2D eigenvalue weighted by atomic mass is 10.0. The first-order valence-corrected chi connectivity index (χ1v) is 12.5. The minimum atomic E-state index is -0.566. The first kappa shape index (κ1) is 27.2. The Bertz CT molecular complexity index is 1180. The molecule has 0 radical (unpaired) electrons. The largest absolute Gasteiger partial charge is 0.488 e. The third-order valence-electron chi connectivity index (χ3n) is 5.07. The SMILES string of the molecule is CC(C)(C)OC(=O)NCc1cccc(NC(=O)C[C@H](N)c2ccc(OCc3ccccc3)c(Br)c2)c1. The van der Waals surface area contributed by atoms with Crippen molar-refractivity contribution in [1.82, 2.24) is 5.32 Å². The number of carbonyl (C=O) groups excluding carboxylic acids is 2. The molecular weight excluding hydrogens is 522 g/mol. The number of nitrogens with one attached hydrogen (secondary N) is 2. The second-order valence-electron chi connectivity index (χ2n) is 9.38. The number of anilines is 1. The topological polar surface area (TPSA) is 103 Å². The van der Waals surface area contributed by atoms with E-state index in [0.717, 1.165) is 21.2 Å². The van der Waals surface area contributed by atoms with E-state index in [1.807, 2.05) is 60.7 Å². The second-order valence-corrected chi connectivity index (χ2v) is 10.2. The first-order chi connectivity index (χ1) is 17.1. The minimum Gasteiger partial charge on any atom is -0.488 e. The van der Waals surface area contributed by atoms with Crippen LogP contribution in [-0.4, -0.2) is 17.6 Å². The fraction of sp³-hybridized carbons (Fsp3) is 0.286. The van der Waals surface area contributed by atoms with Crippen molar-refractivity contribution in [2.75, 3.05) is 5.32 Å². The molecule has 0 spiro atoms. The minimum absolute atomic E-state index is 0.108. The standard InChI is InChI=1S/C28H32BrN3O4/c1-28(2,3)36-27(34)31-17-20-10-7-11-22(14-20)32-26(33)16-24(30)21-12-13-25(23(29)15-21)35-18-19-8-5-4-6-9-19/h4-15,24H,16-18,30H2,1-3H3,(H,31,34)(H,32,33)/t24-/m0/s1. The zero-order chi connectivity index (χ0) is 26.1. The van der Waals surface area contributed by atoms with Gasteiger partial charge in [-0.15, -0.1) is 0 Å². The van der Waals surface area contributed by atoms with Crippen LogP contribution in [0.15, 0.2) is 77.3 Å². The van der Waals surface area contributed by atoms with Gasteiger partial charge in [-0.1, -0.05) is 48.5 Å². The van der Waals surface area contributed by atoms with E-state index >= 15 is 0 Å². The molecule has 8 heteroatoms. The number of halogens is 1. The van der Waals surface area contributed by atoms with Crippen molar-refractivity contribution in [2.45, 2.75) is 52.0 Å². The van der Waals surface area contributed by atoms with E-state index in [1.165, 1.54) is 0 Å². The number of benzene rings is 3. The van der Waals surface area contributed by atoms with Crippen LogP contribution < -0.4 is 21.1 Å². The number of rotatable bonds is 9. The zero-order valence-corrected chi connectivity index (χ0v) is 22.3. The van der Waals surface area contributed by atoms with Crippen molar-refractivity contribution in [3.05, 3.63) is 94.0 Å². The summed E-state index contributed by atoms with van der Waals surface area (Å²) in [5, 5.41) is 5.58. The van der Waals surface area contributed by atoms with Gasteiger partial charge in [0.2, 0.25) is 5.91 Å². The molecule has 0 aromatic heterocycles. The molecule has 3 aromatic carbocycles. The van der Waals surface area contributed by atoms with Crippen molar-refractivity contribution >= 4 is 33.6 Å². The van der Waals surface area contributed by atoms with Crippen LogP contribution in [0.25, 0.3) is 0 Å². The Labute approximate surface area is 220 Å². The fourth-order valence-electron chi connectivity index (χ4n) is 3.38. The lowest BCUT2D eigenvalue weighted by Gasteiger charge is -2.19. The van der Waals surface area contributed by atoms with E-state index in [4.69, 9.17) is 15.2 Å². The molecule has 0 fully saturated rings. The molecule has 0 bridgehead atoms. The predicted molar refractivity (Wildman–Crippen MR) is 145 cm³/mol. The summed E-state index contributed by atoms with van der Waals surface area (Å²) in [6, 6.07) is 22.3. The van der Waals surface area contributed by atoms with Crippen LogP contribution in [-0.2, 0) is 22.7 Å². The first-order valence-electron chi connectivity index (χ1n) is 11.7. The summed E-state index contributed by atoms with van der Waals surface area (Å²) in [6.45, 7) is 6.16. The Balaban J connectivity index is 1.51. The molecular formula is C28H32BrN3O4. The highest BCUT2D eigenvalue weighted by molar-refractivity contribution is 9.10. The van der Waals surface area contributed by atoms with Gasteiger partial charge < -0.3 is 25.8 Å². The lowest BCUT2D eigenvalue weighted by molar-refractivity contribution is -0.116.